The van der Waals surface area contributed by atoms with Gasteiger partial charge >= 0.3 is 0 Å². The standard InChI is InChI=1S/C47H35NO/c1-47(2)42-19-11-10-18-38(42)39-24-23-35(29-43(39)47)48(34-22-20-30-12-6-7-16-33(30)26-34)36-27-40(31-13-4-3-5-14-31)46-41(28-36)45-37-17-9-8-15-32(37)21-25-44(45)49-46/h3-21,23-29,34H,22H2,1-2H3. The third-order valence-electron chi connectivity index (χ3n) is 10.9. The van der Waals surface area contributed by atoms with E-state index in [1.165, 1.54) is 54.5 Å². The predicted molar refractivity (Wildman–Crippen MR) is 206 cm³/mol. The van der Waals surface area contributed by atoms with Crippen LogP contribution in [0.2, 0.25) is 0 Å². The molecule has 2 aliphatic carbocycles. The van der Waals surface area contributed by atoms with Crippen molar-refractivity contribution in [2.24, 2.45) is 0 Å². The zero-order chi connectivity index (χ0) is 32.7. The van der Waals surface area contributed by atoms with E-state index in [0.717, 1.165) is 39.8 Å². The average molecular weight is 630 g/mol. The lowest BCUT2D eigenvalue weighted by molar-refractivity contribution is 0.660. The van der Waals surface area contributed by atoms with Crippen LogP contribution in [0.1, 0.15) is 31.4 Å². The molecule has 0 amide bonds. The third-order valence-corrected chi connectivity index (χ3v) is 10.9. The largest absolute Gasteiger partial charge is 0.455 e. The van der Waals surface area contributed by atoms with Crippen LogP contribution < -0.4 is 15.3 Å². The molecule has 0 saturated carbocycles. The maximum Gasteiger partial charge on any atom is 0.143 e. The fourth-order valence-corrected chi connectivity index (χ4v) is 8.53. The molecule has 1 heterocycles. The molecule has 0 saturated heterocycles. The first-order valence-electron chi connectivity index (χ1n) is 17.3. The van der Waals surface area contributed by atoms with Crippen LogP contribution in [-0.4, -0.2) is 6.04 Å². The minimum atomic E-state index is -0.0958. The molecule has 7 aromatic carbocycles. The Morgan fingerprint density at radius 1 is 0.592 bits per heavy atom. The molecule has 2 aliphatic rings. The quantitative estimate of drug-likeness (QED) is 0.193. The molecule has 1 atom stereocenters. The molecular formula is C47H35NO. The molecule has 234 valence electrons. The fraction of sp³-hybridized carbons (Fsp3) is 0.106. The normalized spacial score (nSPS) is 15.8. The lowest BCUT2D eigenvalue weighted by Gasteiger charge is -2.34. The van der Waals surface area contributed by atoms with Gasteiger partial charge in [0, 0.05) is 33.1 Å². The molecule has 2 heteroatoms. The number of rotatable bonds is 4. The van der Waals surface area contributed by atoms with Crippen LogP contribution in [0.4, 0.5) is 11.4 Å². The van der Waals surface area contributed by atoms with Gasteiger partial charge in [-0.1, -0.05) is 141 Å². The van der Waals surface area contributed by atoms with E-state index in [1.807, 2.05) is 0 Å². The Morgan fingerprint density at radius 3 is 2.24 bits per heavy atom. The zero-order valence-electron chi connectivity index (χ0n) is 27.7. The summed E-state index contributed by atoms with van der Waals surface area (Å²) in [5, 5.41) is 7.32. The van der Waals surface area contributed by atoms with Gasteiger partial charge in [-0.15, -0.1) is 0 Å². The number of nitrogens with zero attached hydrogens (tertiary/aromatic N) is 1. The van der Waals surface area contributed by atoms with Gasteiger partial charge in [0.2, 0.25) is 0 Å². The number of fused-ring (bicyclic) bond motifs is 9. The maximum atomic E-state index is 6.77. The molecule has 0 bridgehead atoms. The van der Waals surface area contributed by atoms with Crippen molar-refractivity contribution < 1.29 is 4.42 Å². The number of anilines is 2. The lowest BCUT2D eigenvalue weighted by Crippen LogP contribution is -2.37. The highest BCUT2D eigenvalue weighted by molar-refractivity contribution is 6.21. The lowest BCUT2D eigenvalue weighted by atomic mass is 9.82. The minimum Gasteiger partial charge on any atom is -0.455 e. The van der Waals surface area contributed by atoms with E-state index in [2.05, 4.69) is 176 Å². The van der Waals surface area contributed by atoms with Gasteiger partial charge in [-0.25, -0.2) is 0 Å². The molecule has 2 nitrogen and oxygen atoms in total. The molecule has 0 aliphatic heterocycles. The van der Waals surface area contributed by atoms with E-state index in [0.29, 0.717) is 0 Å². The van der Waals surface area contributed by atoms with Crippen molar-refractivity contribution in [2.45, 2.75) is 31.7 Å². The molecule has 1 unspecified atom stereocenters. The van der Waals surface area contributed by atoms with Crippen LogP contribution in [0.3, 0.4) is 0 Å². The number of furan rings is 1. The first-order chi connectivity index (χ1) is 24.0. The SMILES string of the molecule is CC1(C)c2ccccc2-c2ccc(N(c3cc(-c4ccccc4)c4oc5ccc6ccccc6c5c4c3)C3C=c4ccccc4=CC3)cc21. The van der Waals surface area contributed by atoms with Gasteiger partial charge in [-0.05, 0) is 85.8 Å². The summed E-state index contributed by atoms with van der Waals surface area (Å²) in [4.78, 5) is 2.57. The van der Waals surface area contributed by atoms with Crippen molar-refractivity contribution in [2.75, 3.05) is 4.90 Å². The summed E-state index contributed by atoms with van der Waals surface area (Å²) in [6.07, 6.45) is 5.76. The van der Waals surface area contributed by atoms with Crippen LogP contribution in [0.5, 0.6) is 0 Å². The first-order valence-corrected chi connectivity index (χ1v) is 17.3. The van der Waals surface area contributed by atoms with E-state index in [1.54, 1.807) is 0 Å². The molecule has 0 N–H and O–H groups in total. The van der Waals surface area contributed by atoms with Crippen LogP contribution in [-0.2, 0) is 5.41 Å². The number of hydrogen-bond donors (Lipinski definition) is 0. The number of benzene rings is 7. The minimum absolute atomic E-state index is 0.0958. The summed E-state index contributed by atoms with van der Waals surface area (Å²) in [6.45, 7) is 4.73. The van der Waals surface area contributed by atoms with E-state index in [-0.39, 0.29) is 11.5 Å². The van der Waals surface area contributed by atoms with Gasteiger partial charge in [-0.3, -0.25) is 0 Å². The third kappa shape index (κ3) is 4.27. The van der Waals surface area contributed by atoms with Crippen molar-refractivity contribution in [1.29, 1.82) is 0 Å². The molecule has 0 spiro atoms. The van der Waals surface area contributed by atoms with Crippen LogP contribution in [0.15, 0.2) is 150 Å². The van der Waals surface area contributed by atoms with Gasteiger partial charge in [0.25, 0.3) is 0 Å². The van der Waals surface area contributed by atoms with Crippen molar-refractivity contribution in [3.8, 4) is 22.3 Å². The van der Waals surface area contributed by atoms with Crippen molar-refractivity contribution in [1.82, 2.24) is 0 Å². The van der Waals surface area contributed by atoms with E-state index >= 15 is 0 Å². The van der Waals surface area contributed by atoms with Gasteiger partial charge < -0.3 is 9.32 Å². The molecule has 10 rings (SSSR count). The van der Waals surface area contributed by atoms with Gasteiger partial charge in [-0.2, -0.15) is 0 Å². The van der Waals surface area contributed by atoms with Gasteiger partial charge in [0.15, 0.2) is 0 Å². The Labute approximate surface area is 285 Å². The molecule has 1 aromatic heterocycles. The summed E-state index contributed by atoms with van der Waals surface area (Å²) < 4.78 is 6.77. The Kier molecular flexibility index (Phi) is 6.08. The van der Waals surface area contributed by atoms with Crippen LogP contribution >= 0.6 is 0 Å². The summed E-state index contributed by atoms with van der Waals surface area (Å²) in [6, 6.07) is 53.3. The van der Waals surface area contributed by atoms with E-state index < -0.39 is 0 Å². The Balaban J connectivity index is 1.27. The Morgan fingerprint density at radius 2 is 1.35 bits per heavy atom. The highest BCUT2D eigenvalue weighted by atomic mass is 16.3. The first kappa shape index (κ1) is 28.2. The molecule has 8 aromatic rings. The summed E-state index contributed by atoms with van der Waals surface area (Å²) >= 11 is 0. The fourth-order valence-electron chi connectivity index (χ4n) is 8.53. The van der Waals surface area contributed by atoms with Gasteiger partial charge in [0.1, 0.15) is 11.2 Å². The van der Waals surface area contributed by atoms with Crippen molar-refractivity contribution in [3.63, 3.8) is 0 Å². The maximum absolute atomic E-state index is 6.77. The number of hydrogen-bond acceptors (Lipinski definition) is 2. The molecule has 0 fully saturated rings. The molecule has 49 heavy (non-hydrogen) atoms. The van der Waals surface area contributed by atoms with E-state index in [4.69, 9.17) is 4.42 Å². The van der Waals surface area contributed by atoms with Crippen molar-refractivity contribution >= 4 is 56.2 Å². The predicted octanol–water partition coefficient (Wildman–Crippen LogP) is 10.9. The second kappa shape index (κ2) is 10.6. The highest BCUT2D eigenvalue weighted by Crippen LogP contribution is 2.51. The summed E-state index contributed by atoms with van der Waals surface area (Å²) in [5.74, 6) is 0. The highest BCUT2D eigenvalue weighted by Gasteiger charge is 2.36. The Bertz CT molecular complexity index is 2730. The molecule has 0 radical (unpaired) electrons. The molecular weight excluding hydrogens is 595 g/mol. The Hall–Kier alpha value is -5.86. The zero-order valence-corrected chi connectivity index (χ0v) is 27.7. The van der Waals surface area contributed by atoms with Crippen LogP contribution in [0.25, 0.3) is 67.1 Å². The van der Waals surface area contributed by atoms with E-state index in [9.17, 15) is 0 Å². The second-order valence-corrected chi connectivity index (χ2v) is 14.1. The topological polar surface area (TPSA) is 16.4 Å². The average Bonchev–Trinajstić information content (AvgIpc) is 3.64. The second-order valence-electron chi connectivity index (χ2n) is 14.1. The smallest absolute Gasteiger partial charge is 0.143 e. The monoisotopic (exact) mass is 629 g/mol. The summed E-state index contributed by atoms with van der Waals surface area (Å²) in [7, 11) is 0. The van der Waals surface area contributed by atoms with Gasteiger partial charge in [0.05, 0.1) is 6.04 Å². The summed E-state index contributed by atoms with van der Waals surface area (Å²) in [5.41, 5.74) is 11.8. The van der Waals surface area contributed by atoms with Crippen molar-refractivity contribution in [3.05, 3.63) is 167 Å². The van der Waals surface area contributed by atoms with Crippen LogP contribution in [0, 0.1) is 0 Å².